The van der Waals surface area contributed by atoms with E-state index in [0.29, 0.717) is 17.9 Å². The van der Waals surface area contributed by atoms with Crippen molar-refractivity contribution in [2.75, 3.05) is 6.61 Å². The minimum atomic E-state index is -0.778. The molecule has 1 aromatic heterocycles. The second-order valence-electron chi connectivity index (χ2n) is 5.63. The Labute approximate surface area is 133 Å². The Morgan fingerprint density at radius 1 is 1.50 bits per heavy atom. The van der Waals surface area contributed by atoms with Crippen LogP contribution in [0.3, 0.4) is 0 Å². The number of imidazole rings is 1. The molecule has 3 rings (SSSR count). The Balaban J connectivity index is 1.90. The molecule has 0 aliphatic carbocycles. The lowest BCUT2D eigenvalue weighted by atomic mass is 10.2. The number of nitrogens with zero attached hydrogens (tertiary/aromatic N) is 2. The van der Waals surface area contributed by atoms with Crippen molar-refractivity contribution in [3.63, 3.8) is 0 Å². The molecular formula is C16H19ClN2O3. The van der Waals surface area contributed by atoms with E-state index in [1.165, 1.54) is 0 Å². The van der Waals surface area contributed by atoms with Crippen LogP contribution >= 0.6 is 11.6 Å². The normalized spacial score (nSPS) is 18.1. The molecule has 6 heteroatoms. The maximum atomic E-state index is 10.7. The monoisotopic (exact) mass is 322 g/mol. The van der Waals surface area contributed by atoms with Gasteiger partial charge in [-0.3, -0.25) is 4.79 Å². The van der Waals surface area contributed by atoms with Crippen molar-refractivity contribution in [1.29, 1.82) is 0 Å². The van der Waals surface area contributed by atoms with Crippen molar-refractivity contribution in [3.8, 4) is 0 Å². The number of hydrogen-bond donors (Lipinski definition) is 1. The minimum absolute atomic E-state index is 0.150. The van der Waals surface area contributed by atoms with E-state index in [9.17, 15) is 4.79 Å². The summed E-state index contributed by atoms with van der Waals surface area (Å²) >= 11 is 6.35. The molecule has 1 aliphatic rings. The first kappa shape index (κ1) is 15.3. The molecule has 1 N–H and O–H groups in total. The molecule has 1 aromatic carbocycles. The zero-order chi connectivity index (χ0) is 15.5. The molecule has 1 fully saturated rings. The second-order valence-corrected chi connectivity index (χ2v) is 6.04. The summed E-state index contributed by atoms with van der Waals surface area (Å²) in [7, 11) is 0. The lowest BCUT2D eigenvalue weighted by Gasteiger charge is -2.14. The predicted molar refractivity (Wildman–Crippen MR) is 84.3 cm³/mol. The topological polar surface area (TPSA) is 64.3 Å². The summed E-state index contributed by atoms with van der Waals surface area (Å²) in [5.41, 5.74) is 1.78. The molecule has 0 unspecified atom stereocenters. The van der Waals surface area contributed by atoms with Gasteiger partial charge in [-0.1, -0.05) is 17.7 Å². The van der Waals surface area contributed by atoms with Crippen LogP contribution < -0.4 is 0 Å². The van der Waals surface area contributed by atoms with Crippen LogP contribution in [0.5, 0.6) is 0 Å². The van der Waals surface area contributed by atoms with E-state index in [4.69, 9.17) is 21.4 Å². The lowest BCUT2D eigenvalue weighted by molar-refractivity contribution is -0.137. The third kappa shape index (κ3) is 3.25. The van der Waals surface area contributed by atoms with Crippen LogP contribution in [0.25, 0.3) is 11.0 Å². The number of hydrogen-bond acceptors (Lipinski definition) is 3. The first-order valence-electron chi connectivity index (χ1n) is 7.62. The standard InChI is InChI=1S/C16H19ClN2O3/c17-12-5-1-6-13-16(12)19(10-11-4-3-9-22-11)14(18-13)7-2-8-15(20)21/h1,5-6,11H,2-4,7-10H2,(H,20,21)/t11-/m0/s1. The van der Waals surface area contributed by atoms with E-state index in [0.717, 1.165) is 42.9 Å². The average Bonchev–Trinajstić information content (AvgIpc) is 3.08. The highest BCUT2D eigenvalue weighted by Crippen LogP contribution is 2.27. The molecule has 0 bridgehead atoms. The number of carboxylic acid groups (broad SMARTS) is 1. The molecule has 1 aliphatic heterocycles. The summed E-state index contributed by atoms with van der Waals surface area (Å²) in [4.78, 5) is 15.4. The van der Waals surface area contributed by atoms with Gasteiger partial charge in [0.05, 0.1) is 28.7 Å². The van der Waals surface area contributed by atoms with Crippen molar-refractivity contribution in [1.82, 2.24) is 9.55 Å². The molecule has 2 heterocycles. The molecule has 5 nitrogen and oxygen atoms in total. The van der Waals surface area contributed by atoms with Gasteiger partial charge in [0, 0.05) is 19.4 Å². The molecule has 22 heavy (non-hydrogen) atoms. The highest BCUT2D eigenvalue weighted by molar-refractivity contribution is 6.35. The molecule has 0 radical (unpaired) electrons. The summed E-state index contributed by atoms with van der Waals surface area (Å²) in [6.07, 6.45) is 3.66. The number of aliphatic carboxylic acids is 1. The van der Waals surface area contributed by atoms with Crippen molar-refractivity contribution in [2.24, 2.45) is 0 Å². The number of aryl methyl sites for hydroxylation is 1. The number of aromatic nitrogens is 2. The maximum absolute atomic E-state index is 10.7. The first-order chi connectivity index (χ1) is 10.6. The summed E-state index contributed by atoms with van der Waals surface area (Å²) < 4.78 is 7.83. The second kappa shape index (κ2) is 6.67. The van der Waals surface area contributed by atoms with Crippen LogP contribution in [0.1, 0.15) is 31.5 Å². The van der Waals surface area contributed by atoms with Gasteiger partial charge in [0.15, 0.2) is 0 Å². The Morgan fingerprint density at radius 3 is 3.09 bits per heavy atom. The van der Waals surface area contributed by atoms with E-state index in [2.05, 4.69) is 9.55 Å². The third-order valence-electron chi connectivity index (χ3n) is 4.00. The van der Waals surface area contributed by atoms with E-state index in [-0.39, 0.29) is 12.5 Å². The minimum Gasteiger partial charge on any atom is -0.481 e. The summed E-state index contributed by atoms with van der Waals surface area (Å²) in [5, 5.41) is 9.48. The van der Waals surface area contributed by atoms with Crippen LogP contribution in [0.4, 0.5) is 0 Å². The van der Waals surface area contributed by atoms with Crippen LogP contribution in [0, 0.1) is 0 Å². The van der Waals surface area contributed by atoms with Gasteiger partial charge in [0.25, 0.3) is 0 Å². The number of carboxylic acids is 1. The van der Waals surface area contributed by atoms with Crippen LogP contribution in [-0.2, 0) is 22.5 Å². The van der Waals surface area contributed by atoms with E-state index >= 15 is 0 Å². The zero-order valence-electron chi connectivity index (χ0n) is 12.3. The van der Waals surface area contributed by atoms with Gasteiger partial charge in [0.2, 0.25) is 0 Å². The fourth-order valence-electron chi connectivity index (χ4n) is 2.97. The number of carbonyl (C=O) groups is 1. The number of para-hydroxylation sites is 1. The predicted octanol–water partition coefficient (Wildman–Crippen LogP) is 3.28. The Hall–Kier alpha value is -1.59. The lowest BCUT2D eigenvalue weighted by Crippen LogP contribution is -2.17. The van der Waals surface area contributed by atoms with E-state index in [1.807, 2.05) is 18.2 Å². The SMILES string of the molecule is O=C(O)CCCc1nc2cccc(Cl)c2n1C[C@@H]1CCCO1. The van der Waals surface area contributed by atoms with Gasteiger partial charge in [-0.25, -0.2) is 4.98 Å². The number of ether oxygens (including phenoxy) is 1. The van der Waals surface area contributed by atoms with Gasteiger partial charge in [-0.15, -0.1) is 0 Å². The van der Waals surface area contributed by atoms with Gasteiger partial charge in [-0.05, 0) is 31.4 Å². The number of rotatable bonds is 6. The van der Waals surface area contributed by atoms with Gasteiger partial charge >= 0.3 is 5.97 Å². The number of halogens is 1. The summed E-state index contributed by atoms with van der Waals surface area (Å²) in [6, 6.07) is 5.68. The number of benzene rings is 1. The third-order valence-corrected chi connectivity index (χ3v) is 4.30. The highest BCUT2D eigenvalue weighted by Gasteiger charge is 2.20. The van der Waals surface area contributed by atoms with Gasteiger partial charge in [-0.2, -0.15) is 0 Å². The van der Waals surface area contributed by atoms with Crippen LogP contribution in [-0.4, -0.2) is 33.3 Å². The van der Waals surface area contributed by atoms with Crippen molar-refractivity contribution >= 4 is 28.6 Å². The fourth-order valence-corrected chi connectivity index (χ4v) is 3.24. The van der Waals surface area contributed by atoms with Crippen molar-refractivity contribution < 1.29 is 14.6 Å². The largest absolute Gasteiger partial charge is 0.481 e. The summed E-state index contributed by atoms with van der Waals surface area (Å²) in [6.45, 7) is 1.53. The molecule has 118 valence electrons. The molecule has 1 atom stereocenters. The zero-order valence-corrected chi connectivity index (χ0v) is 13.1. The highest BCUT2D eigenvalue weighted by atomic mass is 35.5. The Morgan fingerprint density at radius 2 is 2.36 bits per heavy atom. The molecular weight excluding hydrogens is 304 g/mol. The molecule has 0 saturated carbocycles. The molecule has 2 aromatic rings. The quantitative estimate of drug-likeness (QED) is 0.886. The summed E-state index contributed by atoms with van der Waals surface area (Å²) in [5.74, 6) is 0.111. The number of fused-ring (bicyclic) bond motifs is 1. The van der Waals surface area contributed by atoms with Crippen LogP contribution in [0.15, 0.2) is 18.2 Å². The maximum Gasteiger partial charge on any atom is 0.303 e. The van der Waals surface area contributed by atoms with Crippen LogP contribution in [0.2, 0.25) is 5.02 Å². The van der Waals surface area contributed by atoms with Crippen molar-refractivity contribution in [3.05, 3.63) is 29.0 Å². The smallest absolute Gasteiger partial charge is 0.303 e. The Kier molecular flexibility index (Phi) is 4.64. The van der Waals surface area contributed by atoms with Crippen molar-refractivity contribution in [2.45, 2.75) is 44.8 Å². The van der Waals surface area contributed by atoms with Gasteiger partial charge in [0.1, 0.15) is 5.82 Å². The van der Waals surface area contributed by atoms with E-state index in [1.54, 1.807) is 0 Å². The molecule has 1 saturated heterocycles. The first-order valence-corrected chi connectivity index (χ1v) is 8.00. The fraction of sp³-hybridized carbons (Fsp3) is 0.500. The van der Waals surface area contributed by atoms with Gasteiger partial charge < -0.3 is 14.4 Å². The molecule has 0 amide bonds. The Bertz CT molecular complexity index is 677. The molecule has 0 spiro atoms. The van der Waals surface area contributed by atoms with E-state index < -0.39 is 5.97 Å². The average molecular weight is 323 g/mol.